The summed E-state index contributed by atoms with van der Waals surface area (Å²) in [5, 5.41) is 11.0. The van der Waals surface area contributed by atoms with Gasteiger partial charge in [-0.05, 0) is 24.1 Å². The zero-order chi connectivity index (χ0) is 14.0. The van der Waals surface area contributed by atoms with Gasteiger partial charge < -0.3 is 10.4 Å². The highest BCUT2D eigenvalue weighted by molar-refractivity contribution is 6.00. The number of carboxylic acid groups (broad SMARTS) is 1. The summed E-state index contributed by atoms with van der Waals surface area (Å²) in [4.78, 5) is 33.3. The molecular weight excluding hydrogens is 253 g/mol. The number of anilines is 1. The molecular formula is C13H12FNO4. The number of hydrogen-bond donors (Lipinski definition) is 2. The van der Waals surface area contributed by atoms with Crippen LogP contribution in [-0.2, 0) is 16.0 Å². The molecule has 0 unspecified atom stereocenters. The van der Waals surface area contributed by atoms with Gasteiger partial charge in [0, 0.05) is 18.5 Å². The SMILES string of the molecule is O=C(O)CCC(=O)c1cc2c(cc1F)NC(=O)CC2. The highest BCUT2D eigenvalue weighted by Crippen LogP contribution is 2.26. The van der Waals surface area contributed by atoms with E-state index in [4.69, 9.17) is 5.11 Å². The summed E-state index contributed by atoms with van der Waals surface area (Å²) in [6.07, 6.45) is 0.172. The van der Waals surface area contributed by atoms with Gasteiger partial charge in [-0.3, -0.25) is 14.4 Å². The van der Waals surface area contributed by atoms with E-state index in [2.05, 4.69) is 5.32 Å². The molecule has 1 aliphatic heterocycles. The predicted molar refractivity (Wildman–Crippen MR) is 64.6 cm³/mol. The van der Waals surface area contributed by atoms with Crippen molar-refractivity contribution in [2.45, 2.75) is 25.7 Å². The number of carboxylic acids is 1. The Bertz CT molecular complexity index is 568. The van der Waals surface area contributed by atoms with Crippen molar-refractivity contribution in [2.24, 2.45) is 0 Å². The first kappa shape index (κ1) is 13.2. The van der Waals surface area contributed by atoms with Crippen molar-refractivity contribution < 1.29 is 23.9 Å². The maximum absolute atomic E-state index is 13.8. The van der Waals surface area contributed by atoms with Crippen LogP contribution in [0, 0.1) is 5.82 Å². The van der Waals surface area contributed by atoms with Gasteiger partial charge >= 0.3 is 5.97 Å². The van der Waals surface area contributed by atoms with Crippen LogP contribution in [0.25, 0.3) is 0 Å². The summed E-state index contributed by atoms with van der Waals surface area (Å²) in [6, 6.07) is 2.51. The lowest BCUT2D eigenvalue weighted by atomic mass is 9.97. The maximum atomic E-state index is 13.8. The molecule has 6 heteroatoms. The van der Waals surface area contributed by atoms with E-state index in [-0.39, 0.29) is 24.3 Å². The summed E-state index contributed by atoms with van der Waals surface area (Å²) >= 11 is 0. The number of hydrogen-bond acceptors (Lipinski definition) is 3. The van der Waals surface area contributed by atoms with Crippen molar-refractivity contribution in [3.05, 3.63) is 29.1 Å². The minimum absolute atomic E-state index is 0.115. The number of fused-ring (bicyclic) bond motifs is 1. The molecule has 0 bridgehead atoms. The molecule has 1 aromatic carbocycles. The van der Waals surface area contributed by atoms with E-state index in [1.807, 2.05) is 0 Å². The second-order valence-electron chi connectivity index (χ2n) is 4.35. The van der Waals surface area contributed by atoms with Gasteiger partial charge in [-0.1, -0.05) is 0 Å². The summed E-state index contributed by atoms with van der Waals surface area (Å²) < 4.78 is 13.8. The molecule has 19 heavy (non-hydrogen) atoms. The average Bonchev–Trinajstić information content (AvgIpc) is 2.35. The topological polar surface area (TPSA) is 83.5 Å². The molecule has 2 rings (SSSR count). The highest BCUT2D eigenvalue weighted by atomic mass is 19.1. The third kappa shape index (κ3) is 2.96. The minimum Gasteiger partial charge on any atom is -0.481 e. The number of halogens is 1. The quantitative estimate of drug-likeness (QED) is 0.812. The number of Topliss-reactive ketones (excluding diaryl/α,β-unsaturated/α-hetero) is 1. The van der Waals surface area contributed by atoms with Gasteiger partial charge in [0.05, 0.1) is 12.0 Å². The lowest BCUT2D eigenvalue weighted by Gasteiger charge is -2.17. The number of nitrogens with one attached hydrogen (secondary N) is 1. The number of rotatable bonds is 4. The van der Waals surface area contributed by atoms with Gasteiger partial charge in [0.25, 0.3) is 0 Å². The molecule has 0 aliphatic carbocycles. The summed E-state index contributed by atoms with van der Waals surface area (Å²) in [7, 11) is 0. The van der Waals surface area contributed by atoms with Gasteiger partial charge in [-0.2, -0.15) is 0 Å². The highest BCUT2D eigenvalue weighted by Gasteiger charge is 2.20. The minimum atomic E-state index is -1.10. The van der Waals surface area contributed by atoms with Gasteiger partial charge in [0.15, 0.2) is 5.78 Å². The van der Waals surface area contributed by atoms with Crippen LogP contribution in [0.4, 0.5) is 10.1 Å². The van der Waals surface area contributed by atoms with Gasteiger partial charge in [0.2, 0.25) is 5.91 Å². The fourth-order valence-electron chi connectivity index (χ4n) is 1.97. The van der Waals surface area contributed by atoms with E-state index in [0.29, 0.717) is 24.1 Å². The Labute approximate surface area is 108 Å². The Morgan fingerprint density at radius 1 is 1.26 bits per heavy atom. The van der Waals surface area contributed by atoms with Crippen molar-refractivity contribution in [1.29, 1.82) is 0 Å². The molecule has 0 radical (unpaired) electrons. The summed E-state index contributed by atoms with van der Waals surface area (Å²) in [5.41, 5.74) is 0.958. The van der Waals surface area contributed by atoms with Crippen LogP contribution >= 0.6 is 0 Å². The third-order valence-electron chi connectivity index (χ3n) is 2.95. The van der Waals surface area contributed by atoms with Crippen LogP contribution in [0.1, 0.15) is 35.2 Å². The number of aliphatic carboxylic acids is 1. The van der Waals surface area contributed by atoms with Crippen molar-refractivity contribution in [1.82, 2.24) is 0 Å². The Balaban J connectivity index is 2.25. The van der Waals surface area contributed by atoms with E-state index in [1.54, 1.807) is 0 Å². The molecule has 100 valence electrons. The Hall–Kier alpha value is -2.24. The van der Waals surface area contributed by atoms with Crippen LogP contribution in [0.5, 0.6) is 0 Å². The van der Waals surface area contributed by atoms with Crippen LogP contribution in [-0.4, -0.2) is 22.8 Å². The van der Waals surface area contributed by atoms with E-state index < -0.39 is 17.6 Å². The number of carbonyl (C=O) groups excluding carboxylic acids is 2. The molecule has 2 N–H and O–H groups in total. The van der Waals surface area contributed by atoms with E-state index >= 15 is 0 Å². The number of benzene rings is 1. The van der Waals surface area contributed by atoms with E-state index in [0.717, 1.165) is 6.07 Å². The third-order valence-corrected chi connectivity index (χ3v) is 2.95. The molecule has 0 spiro atoms. The fourth-order valence-corrected chi connectivity index (χ4v) is 1.97. The molecule has 1 aliphatic rings. The second kappa shape index (κ2) is 5.17. The largest absolute Gasteiger partial charge is 0.481 e. The van der Waals surface area contributed by atoms with Crippen LogP contribution < -0.4 is 5.32 Å². The van der Waals surface area contributed by atoms with Crippen molar-refractivity contribution in [3.8, 4) is 0 Å². The van der Waals surface area contributed by atoms with Gasteiger partial charge in [0.1, 0.15) is 5.82 Å². The predicted octanol–water partition coefficient (Wildman–Crippen LogP) is 1.76. The summed E-state index contributed by atoms with van der Waals surface area (Å²) in [6.45, 7) is 0. The van der Waals surface area contributed by atoms with Crippen molar-refractivity contribution in [2.75, 3.05) is 5.32 Å². The molecule has 1 aromatic rings. The van der Waals surface area contributed by atoms with Crippen molar-refractivity contribution in [3.63, 3.8) is 0 Å². The zero-order valence-corrected chi connectivity index (χ0v) is 10.0. The first-order chi connectivity index (χ1) is 8.97. The van der Waals surface area contributed by atoms with Gasteiger partial charge in [-0.25, -0.2) is 4.39 Å². The van der Waals surface area contributed by atoms with Crippen LogP contribution in [0.2, 0.25) is 0 Å². The van der Waals surface area contributed by atoms with Gasteiger partial charge in [-0.15, -0.1) is 0 Å². The van der Waals surface area contributed by atoms with Crippen molar-refractivity contribution >= 4 is 23.3 Å². The number of carbonyl (C=O) groups is 3. The monoisotopic (exact) mass is 265 g/mol. The number of ketones is 1. The Morgan fingerprint density at radius 2 is 2.00 bits per heavy atom. The molecule has 0 fully saturated rings. The molecule has 0 saturated carbocycles. The average molecular weight is 265 g/mol. The zero-order valence-electron chi connectivity index (χ0n) is 10.0. The number of amides is 1. The molecule has 5 nitrogen and oxygen atoms in total. The lowest BCUT2D eigenvalue weighted by molar-refractivity contribution is -0.137. The normalized spacial score (nSPS) is 13.6. The first-order valence-electron chi connectivity index (χ1n) is 5.84. The van der Waals surface area contributed by atoms with Crippen LogP contribution in [0.15, 0.2) is 12.1 Å². The fraction of sp³-hybridized carbons (Fsp3) is 0.308. The van der Waals surface area contributed by atoms with E-state index in [1.165, 1.54) is 6.07 Å². The first-order valence-corrected chi connectivity index (χ1v) is 5.84. The summed E-state index contributed by atoms with van der Waals surface area (Å²) in [5.74, 6) is -2.56. The lowest BCUT2D eigenvalue weighted by Crippen LogP contribution is -2.20. The second-order valence-corrected chi connectivity index (χ2v) is 4.35. The number of aryl methyl sites for hydroxylation is 1. The molecule has 0 aromatic heterocycles. The maximum Gasteiger partial charge on any atom is 0.303 e. The Morgan fingerprint density at radius 3 is 2.68 bits per heavy atom. The van der Waals surface area contributed by atoms with E-state index in [9.17, 15) is 18.8 Å². The molecule has 1 heterocycles. The van der Waals surface area contributed by atoms with Crippen LogP contribution in [0.3, 0.4) is 0 Å². The standard InChI is InChI=1S/C13H12FNO4/c14-9-6-10-7(1-3-12(17)15-10)5-8(9)11(16)2-4-13(18)19/h5-6H,1-4H2,(H,15,17)(H,18,19). The molecule has 0 atom stereocenters. The molecule has 1 amide bonds. The smallest absolute Gasteiger partial charge is 0.303 e. The molecule has 0 saturated heterocycles. The Kier molecular flexibility index (Phi) is 3.59.